The molecule has 37 heavy (non-hydrogen) atoms. The minimum atomic E-state index is -0.382. The van der Waals surface area contributed by atoms with Crippen LogP contribution in [0.3, 0.4) is 0 Å². The number of carbonyl (C=O) groups is 1. The van der Waals surface area contributed by atoms with Gasteiger partial charge in [0.2, 0.25) is 0 Å². The largest absolute Gasteiger partial charge is 0.377 e. The molecule has 0 aromatic heterocycles. The lowest BCUT2D eigenvalue weighted by molar-refractivity contribution is 0.0679. The molecular formula is C29H41FN6O. The predicted molar refractivity (Wildman–Crippen MR) is 149 cm³/mol. The van der Waals surface area contributed by atoms with E-state index in [1.807, 2.05) is 17.9 Å². The van der Waals surface area contributed by atoms with E-state index >= 15 is 0 Å². The summed E-state index contributed by atoms with van der Waals surface area (Å²) in [5, 5.41) is 3.49. The Morgan fingerprint density at radius 3 is 2.59 bits per heavy atom. The number of halogens is 1. The number of piperidine rings is 1. The zero-order valence-corrected chi connectivity index (χ0v) is 22.8. The van der Waals surface area contributed by atoms with Gasteiger partial charge in [-0.25, -0.2) is 9.38 Å². The average Bonchev–Trinajstić information content (AvgIpc) is 2.85. The third-order valence-corrected chi connectivity index (χ3v) is 7.63. The van der Waals surface area contributed by atoms with Crippen molar-refractivity contribution in [3.8, 4) is 0 Å². The molecule has 3 aliphatic heterocycles. The topological polar surface area (TPSA) is 63.5 Å². The molecule has 1 aromatic carbocycles. The molecule has 4 rings (SSSR count). The van der Waals surface area contributed by atoms with Crippen molar-refractivity contribution in [3.05, 3.63) is 58.7 Å². The monoisotopic (exact) mass is 508 g/mol. The highest BCUT2D eigenvalue weighted by molar-refractivity contribution is 6.05. The summed E-state index contributed by atoms with van der Waals surface area (Å²) in [5.74, 6) is 0.470. The Morgan fingerprint density at radius 2 is 1.86 bits per heavy atom. The summed E-state index contributed by atoms with van der Waals surface area (Å²) in [6.45, 7) is 9.17. The summed E-state index contributed by atoms with van der Waals surface area (Å²) in [6.07, 6.45) is 8.82. The van der Waals surface area contributed by atoms with Crippen LogP contribution in [0.2, 0.25) is 0 Å². The zero-order chi connectivity index (χ0) is 26.4. The second kappa shape index (κ2) is 12.5. The molecule has 0 radical (unpaired) electrons. The van der Waals surface area contributed by atoms with E-state index in [9.17, 15) is 9.18 Å². The third-order valence-electron chi connectivity index (χ3n) is 7.63. The van der Waals surface area contributed by atoms with Crippen molar-refractivity contribution in [2.45, 2.75) is 52.0 Å². The fourth-order valence-electron chi connectivity index (χ4n) is 5.15. The van der Waals surface area contributed by atoms with E-state index in [4.69, 9.17) is 4.99 Å². The van der Waals surface area contributed by atoms with E-state index in [0.29, 0.717) is 18.5 Å². The van der Waals surface area contributed by atoms with Gasteiger partial charge in [0.05, 0.1) is 11.8 Å². The smallest absolute Gasteiger partial charge is 0.254 e. The van der Waals surface area contributed by atoms with Crippen molar-refractivity contribution in [1.82, 2.24) is 20.0 Å². The van der Waals surface area contributed by atoms with Crippen LogP contribution in [0, 0.1) is 5.82 Å². The number of aliphatic imine (C=N–C) groups is 2. The molecule has 2 fully saturated rings. The molecule has 1 unspecified atom stereocenters. The predicted octanol–water partition coefficient (Wildman–Crippen LogP) is 3.88. The molecule has 0 saturated carbocycles. The second-order valence-corrected chi connectivity index (χ2v) is 10.3. The highest BCUT2D eigenvalue weighted by atomic mass is 19.1. The fourth-order valence-corrected chi connectivity index (χ4v) is 5.15. The molecule has 1 atom stereocenters. The SMILES string of the molecule is C\N=C1/C=C(C)/N=C(N2CCC2)\C=C(/C)N(C)CCNCCc2ccc(F)cc2C(=O)N2CCCCC12. The molecule has 0 bridgehead atoms. The van der Waals surface area contributed by atoms with Crippen LogP contribution >= 0.6 is 0 Å². The third kappa shape index (κ3) is 6.66. The Bertz CT molecular complexity index is 1100. The van der Waals surface area contributed by atoms with E-state index in [1.54, 1.807) is 13.1 Å². The number of benzene rings is 1. The van der Waals surface area contributed by atoms with Gasteiger partial charge < -0.3 is 20.0 Å². The first-order chi connectivity index (χ1) is 17.9. The van der Waals surface area contributed by atoms with Gasteiger partial charge in [0, 0.05) is 63.8 Å². The van der Waals surface area contributed by atoms with Gasteiger partial charge in [-0.05, 0) is 82.3 Å². The van der Waals surface area contributed by atoms with Gasteiger partial charge >= 0.3 is 0 Å². The number of likely N-dealkylation sites (N-methyl/N-ethyl adjacent to an activating group) is 1. The van der Waals surface area contributed by atoms with Gasteiger partial charge in [-0.3, -0.25) is 9.79 Å². The van der Waals surface area contributed by atoms with Crippen molar-refractivity contribution in [1.29, 1.82) is 0 Å². The van der Waals surface area contributed by atoms with E-state index in [-0.39, 0.29) is 17.8 Å². The Kier molecular flexibility index (Phi) is 9.14. The summed E-state index contributed by atoms with van der Waals surface area (Å²) in [4.78, 5) is 29.9. The van der Waals surface area contributed by atoms with Crippen molar-refractivity contribution >= 4 is 17.5 Å². The van der Waals surface area contributed by atoms with E-state index in [1.165, 1.54) is 18.6 Å². The number of rotatable bonds is 0. The fraction of sp³-hybridized carbons (Fsp3) is 0.552. The number of likely N-dealkylation sites (tertiary alicyclic amines) is 1. The summed E-state index contributed by atoms with van der Waals surface area (Å²) < 4.78 is 14.3. The van der Waals surface area contributed by atoms with Crippen LogP contribution < -0.4 is 5.32 Å². The molecule has 3 heterocycles. The number of fused-ring (bicyclic) bond motifs is 2. The Balaban J connectivity index is 1.74. The summed E-state index contributed by atoms with van der Waals surface area (Å²) >= 11 is 0. The van der Waals surface area contributed by atoms with Gasteiger partial charge in [-0.2, -0.15) is 0 Å². The Hall–Kier alpha value is -3.00. The quantitative estimate of drug-likeness (QED) is 0.578. The normalized spacial score (nSPS) is 28.0. The molecule has 0 aliphatic carbocycles. The number of amidine groups is 1. The standard InChI is InChI=1S/C29H41FN6O/c1-21-18-26(31-3)27-8-5-6-16-36(27)29(37)25-20-24(30)10-9-23(25)11-12-32-13-17-34(4)22(2)19-28(33-21)35-14-7-15-35/h9-10,18-20,27,32H,5-8,11-17H2,1-4H3/b21-18+,22-19+,31-26+,33-28+. The molecule has 2 saturated heterocycles. The van der Waals surface area contributed by atoms with Crippen LogP contribution in [0.15, 0.2) is 51.7 Å². The molecule has 1 amide bonds. The first-order valence-corrected chi connectivity index (χ1v) is 13.6. The van der Waals surface area contributed by atoms with Gasteiger partial charge in [0.25, 0.3) is 5.91 Å². The second-order valence-electron chi connectivity index (χ2n) is 10.3. The van der Waals surface area contributed by atoms with Crippen LogP contribution in [0.5, 0.6) is 0 Å². The lowest BCUT2D eigenvalue weighted by Crippen LogP contribution is -2.48. The van der Waals surface area contributed by atoms with Crippen molar-refractivity contribution < 1.29 is 9.18 Å². The number of allylic oxidation sites excluding steroid dienone is 2. The summed E-state index contributed by atoms with van der Waals surface area (Å²) in [6, 6.07) is 4.45. The minimum Gasteiger partial charge on any atom is -0.377 e. The van der Waals surface area contributed by atoms with Crippen LogP contribution in [-0.2, 0) is 6.42 Å². The number of nitrogens with one attached hydrogen (secondary N) is 1. The van der Waals surface area contributed by atoms with E-state index in [2.05, 4.69) is 40.2 Å². The van der Waals surface area contributed by atoms with Gasteiger partial charge in [0.15, 0.2) is 0 Å². The first kappa shape index (κ1) is 27.0. The molecular weight excluding hydrogens is 467 g/mol. The van der Waals surface area contributed by atoms with Gasteiger partial charge in [-0.15, -0.1) is 0 Å². The summed E-state index contributed by atoms with van der Waals surface area (Å²) in [5.41, 5.74) is 4.20. The highest BCUT2D eigenvalue weighted by Gasteiger charge is 2.31. The number of nitrogens with zero attached hydrogens (tertiary/aromatic N) is 5. The molecule has 200 valence electrons. The molecule has 0 spiro atoms. The maximum Gasteiger partial charge on any atom is 0.254 e. The number of hydrogen-bond acceptors (Lipinski definition) is 6. The lowest BCUT2D eigenvalue weighted by atomic mass is 9.94. The number of hydrogen-bond donors (Lipinski definition) is 1. The van der Waals surface area contributed by atoms with Crippen molar-refractivity contribution in [2.24, 2.45) is 9.98 Å². The van der Waals surface area contributed by atoms with Crippen LogP contribution in [-0.4, -0.2) is 91.6 Å². The van der Waals surface area contributed by atoms with Crippen LogP contribution in [0.4, 0.5) is 4.39 Å². The molecule has 8 heteroatoms. The van der Waals surface area contributed by atoms with Crippen molar-refractivity contribution in [3.63, 3.8) is 0 Å². The number of amides is 1. The molecule has 1 N–H and O–H groups in total. The van der Waals surface area contributed by atoms with Gasteiger partial charge in [0.1, 0.15) is 11.7 Å². The minimum absolute atomic E-state index is 0.115. The van der Waals surface area contributed by atoms with E-state index in [0.717, 1.165) is 80.5 Å². The maximum absolute atomic E-state index is 14.3. The van der Waals surface area contributed by atoms with Gasteiger partial charge in [-0.1, -0.05) is 6.07 Å². The number of carbonyl (C=O) groups excluding carboxylic acids is 1. The van der Waals surface area contributed by atoms with Crippen molar-refractivity contribution in [2.75, 3.05) is 53.4 Å². The van der Waals surface area contributed by atoms with Crippen LogP contribution in [0.25, 0.3) is 0 Å². The Morgan fingerprint density at radius 1 is 1.05 bits per heavy atom. The lowest BCUT2D eigenvalue weighted by Gasteiger charge is -2.36. The molecule has 3 aliphatic rings. The summed E-state index contributed by atoms with van der Waals surface area (Å²) in [7, 11) is 3.87. The first-order valence-electron chi connectivity index (χ1n) is 13.6. The molecule has 1 aromatic rings. The Labute approximate surface area is 220 Å². The molecule has 7 nitrogen and oxygen atoms in total. The van der Waals surface area contributed by atoms with Crippen LogP contribution in [0.1, 0.15) is 55.5 Å². The van der Waals surface area contributed by atoms with E-state index < -0.39 is 0 Å². The maximum atomic E-state index is 14.3. The highest BCUT2D eigenvalue weighted by Crippen LogP contribution is 2.24. The average molecular weight is 509 g/mol. The zero-order valence-electron chi connectivity index (χ0n) is 22.8.